The number of carbonyl (C=O) groups excluding carboxylic acids is 2. The van der Waals surface area contributed by atoms with Crippen molar-refractivity contribution in [2.24, 2.45) is 0 Å². The first kappa shape index (κ1) is 19.5. The highest BCUT2D eigenvalue weighted by molar-refractivity contribution is 8.00. The van der Waals surface area contributed by atoms with Crippen molar-refractivity contribution in [3.05, 3.63) is 65.7 Å². The van der Waals surface area contributed by atoms with Crippen LogP contribution in [0, 0.1) is 6.92 Å². The van der Waals surface area contributed by atoms with Crippen molar-refractivity contribution in [2.75, 3.05) is 29.9 Å². The van der Waals surface area contributed by atoms with Gasteiger partial charge >= 0.3 is 0 Å². The summed E-state index contributed by atoms with van der Waals surface area (Å²) >= 11 is 1.38. The highest BCUT2D eigenvalue weighted by Gasteiger charge is 2.23. The van der Waals surface area contributed by atoms with Gasteiger partial charge in [-0.15, -0.1) is 11.8 Å². The molecular formula is C22H26N2O2S. The number of anilines is 1. The minimum Gasteiger partial charge on any atom is -0.342 e. The summed E-state index contributed by atoms with van der Waals surface area (Å²) in [7, 11) is 0. The van der Waals surface area contributed by atoms with Crippen LogP contribution in [-0.2, 0) is 9.59 Å². The van der Waals surface area contributed by atoms with Crippen molar-refractivity contribution >= 4 is 29.3 Å². The van der Waals surface area contributed by atoms with E-state index >= 15 is 0 Å². The minimum absolute atomic E-state index is 0.0683. The smallest absolute Gasteiger partial charge is 0.234 e. The van der Waals surface area contributed by atoms with Gasteiger partial charge in [-0.05, 0) is 48.9 Å². The quantitative estimate of drug-likeness (QED) is 0.819. The van der Waals surface area contributed by atoms with Gasteiger partial charge in [0.25, 0.3) is 0 Å². The van der Waals surface area contributed by atoms with E-state index < -0.39 is 0 Å². The number of piperidine rings is 1. The maximum absolute atomic E-state index is 12.4. The summed E-state index contributed by atoms with van der Waals surface area (Å²) in [5, 5.41) is 2.88. The van der Waals surface area contributed by atoms with Crippen molar-refractivity contribution < 1.29 is 9.59 Å². The maximum atomic E-state index is 12.4. The maximum Gasteiger partial charge on any atom is 0.234 e. The number of hydrogen-bond acceptors (Lipinski definition) is 3. The number of aryl methyl sites for hydroxylation is 1. The molecule has 1 fully saturated rings. The van der Waals surface area contributed by atoms with E-state index in [-0.39, 0.29) is 11.8 Å². The molecule has 4 nitrogen and oxygen atoms in total. The van der Waals surface area contributed by atoms with E-state index in [1.54, 1.807) is 0 Å². The fourth-order valence-electron chi connectivity index (χ4n) is 3.43. The second-order valence-electron chi connectivity index (χ2n) is 6.98. The number of benzene rings is 2. The van der Waals surface area contributed by atoms with E-state index in [2.05, 4.69) is 29.6 Å². The number of rotatable bonds is 6. The summed E-state index contributed by atoms with van der Waals surface area (Å²) in [6.07, 6.45) is 2.02. The van der Waals surface area contributed by atoms with Crippen molar-refractivity contribution in [1.29, 1.82) is 0 Å². The number of nitrogens with one attached hydrogen (secondary N) is 1. The van der Waals surface area contributed by atoms with Crippen LogP contribution in [0.5, 0.6) is 0 Å². The van der Waals surface area contributed by atoms with Gasteiger partial charge in [0.2, 0.25) is 11.8 Å². The van der Waals surface area contributed by atoms with Crippen molar-refractivity contribution in [3.8, 4) is 0 Å². The molecule has 0 saturated carbocycles. The molecule has 0 radical (unpaired) electrons. The fourth-order valence-corrected chi connectivity index (χ4v) is 4.15. The molecule has 5 heteroatoms. The molecule has 0 aliphatic carbocycles. The van der Waals surface area contributed by atoms with E-state index in [0.29, 0.717) is 17.4 Å². The molecule has 0 atom stereocenters. The zero-order valence-electron chi connectivity index (χ0n) is 15.7. The van der Waals surface area contributed by atoms with Gasteiger partial charge in [0.05, 0.1) is 11.5 Å². The van der Waals surface area contributed by atoms with Crippen LogP contribution in [0.15, 0.2) is 54.6 Å². The summed E-state index contributed by atoms with van der Waals surface area (Å²) in [5.74, 6) is 1.26. The monoisotopic (exact) mass is 382 g/mol. The number of nitrogens with zero attached hydrogens (tertiary/aromatic N) is 1. The van der Waals surface area contributed by atoms with Crippen LogP contribution < -0.4 is 5.32 Å². The summed E-state index contributed by atoms with van der Waals surface area (Å²) in [4.78, 5) is 26.4. The SMILES string of the molecule is Cc1cccc(NC(=O)CSCC(=O)N2CCC(c3ccccc3)CC2)c1. The van der Waals surface area contributed by atoms with Crippen LogP contribution in [-0.4, -0.2) is 41.3 Å². The van der Waals surface area contributed by atoms with Gasteiger partial charge in [-0.25, -0.2) is 0 Å². The van der Waals surface area contributed by atoms with E-state index in [4.69, 9.17) is 0 Å². The molecule has 0 unspecified atom stereocenters. The molecule has 27 heavy (non-hydrogen) atoms. The van der Waals surface area contributed by atoms with Crippen LogP contribution in [0.3, 0.4) is 0 Å². The van der Waals surface area contributed by atoms with Crippen molar-refractivity contribution in [1.82, 2.24) is 4.90 Å². The van der Waals surface area contributed by atoms with Gasteiger partial charge in [0.1, 0.15) is 0 Å². The molecule has 2 aromatic carbocycles. The summed E-state index contributed by atoms with van der Waals surface area (Å²) < 4.78 is 0. The molecule has 3 rings (SSSR count). The predicted octanol–water partition coefficient (Wildman–Crippen LogP) is 4.07. The summed E-state index contributed by atoms with van der Waals surface area (Å²) in [6, 6.07) is 18.2. The molecule has 0 bridgehead atoms. The second kappa shape index (κ2) is 9.60. The molecule has 1 saturated heterocycles. The molecule has 1 N–H and O–H groups in total. The van der Waals surface area contributed by atoms with Gasteiger partial charge in [-0.3, -0.25) is 9.59 Å². The molecule has 2 amide bonds. The zero-order chi connectivity index (χ0) is 19.1. The average Bonchev–Trinajstić information content (AvgIpc) is 2.69. The van der Waals surface area contributed by atoms with Crippen LogP contribution in [0.1, 0.15) is 29.9 Å². The Kier molecular flexibility index (Phi) is 6.93. The Balaban J connectivity index is 1.37. The largest absolute Gasteiger partial charge is 0.342 e. The van der Waals surface area contributed by atoms with Crippen LogP contribution >= 0.6 is 11.8 Å². The van der Waals surface area contributed by atoms with E-state index in [9.17, 15) is 9.59 Å². The van der Waals surface area contributed by atoms with Crippen molar-refractivity contribution in [2.45, 2.75) is 25.7 Å². The number of amides is 2. The highest BCUT2D eigenvalue weighted by atomic mass is 32.2. The molecule has 0 spiro atoms. The third-order valence-corrected chi connectivity index (χ3v) is 5.80. The third-order valence-electron chi connectivity index (χ3n) is 4.88. The second-order valence-corrected chi connectivity index (χ2v) is 7.96. The zero-order valence-corrected chi connectivity index (χ0v) is 16.5. The molecule has 1 aliphatic heterocycles. The lowest BCUT2D eigenvalue weighted by molar-refractivity contribution is -0.129. The number of hydrogen-bond donors (Lipinski definition) is 1. The van der Waals surface area contributed by atoms with Gasteiger partial charge in [0.15, 0.2) is 0 Å². The van der Waals surface area contributed by atoms with E-state index in [1.807, 2.05) is 42.2 Å². The van der Waals surface area contributed by atoms with Crippen LogP contribution in [0.25, 0.3) is 0 Å². The minimum atomic E-state index is -0.0683. The van der Waals surface area contributed by atoms with Crippen molar-refractivity contribution in [3.63, 3.8) is 0 Å². The number of thioether (sulfide) groups is 1. The lowest BCUT2D eigenvalue weighted by Gasteiger charge is -2.32. The standard InChI is InChI=1S/C22H26N2O2S/c1-17-6-5-9-20(14-17)23-21(25)15-27-16-22(26)24-12-10-19(11-13-24)18-7-3-2-4-8-18/h2-9,14,19H,10-13,15-16H2,1H3,(H,23,25). The molecular weight excluding hydrogens is 356 g/mol. The lowest BCUT2D eigenvalue weighted by atomic mass is 9.89. The Bertz CT molecular complexity index is 771. The van der Waals surface area contributed by atoms with Crippen LogP contribution in [0.4, 0.5) is 5.69 Å². The Morgan fingerprint density at radius 3 is 2.48 bits per heavy atom. The van der Waals surface area contributed by atoms with Crippen LogP contribution in [0.2, 0.25) is 0 Å². The summed E-state index contributed by atoms with van der Waals surface area (Å²) in [6.45, 7) is 3.59. The van der Waals surface area contributed by atoms with Gasteiger partial charge in [-0.1, -0.05) is 42.5 Å². The molecule has 1 aliphatic rings. The Morgan fingerprint density at radius 2 is 1.78 bits per heavy atom. The average molecular weight is 383 g/mol. The molecule has 1 heterocycles. The molecule has 142 valence electrons. The van der Waals surface area contributed by atoms with E-state index in [1.165, 1.54) is 17.3 Å². The van der Waals surface area contributed by atoms with Gasteiger partial charge in [0, 0.05) is 18.8 Å². The first-order valence-electron chi connectivity index (χ1n) is 9.39. The number of carbonyl (C=O) groups is 2. The van der Waals surface area contributed by atoms with E-state index in [0.717, 1.165) is 37.2 Å². The molecule has 0 aromatic heterocycles. The first-order chi connectivity index (χ1) is 13.1. The lowest BCUT2D eigenvalue weighted by Crippen LogP contribution is -2.39. The Morgan fingerprint density at radius 1 is 1.04 bits per heavy atom. The Labute approximate surface area is 165 Å². The highest BCUT2D eigenvalue weighted by Crippen LogP contribution is 2.28. The summed E-state index contributed by atoms with van der Waals surface area (Å²) in [5.41, 5.74) is 3.27. The predicted molar refractivity (Wildman–Crippen MR) is 112 cm³/mol. The topological polar surface area (TPSA) is 49.4 Å². The number of likely N-dealkylation sites (tertiary alicyclic amines) is 1. The first-order valence-corrected chi connectivity index (χ1v) is 10.5. The fraction of sp³-hybridized carbons (Fsp3) is 0.364. The third kappa shape index (κ3) is 5.86. The van der Waals surface area contributed by atoms with Gasteiger partial charge in [-0.2, -0.15) is 0 Å². The molecule has 2 aromatic rings. The van der Waals surface area contributed by atoms with Gasteiger partial charge < -0.3 is 10.2 Å². The normalized spacial score (nSPS) is 14.8. The Hall–Kier alpha value is -2.27.